The highest BCUT2D eigenvalue weighted by atomic mass is 32.1. The fourth-order valence-corrected chi connectivity index (χ4v) is 2.96. The van der Waals surface area contributed by atoms with Gasteiger partial charge >= 0.3 is 5.97 Å². The Labute approximate surface area is 98.9 Å². The smallest absolute Gasteiger partial charge is 0.320 e. The number of hydrogen-bond acceptors (Lipinski definition) is 4. The minimum absolute atomic E-state index is 0.309. The van der Waals surface area contributed by atoms with E-state index < -0.39 is 5.97 Å². The van der Waals surface area contributed by atoms with Gasteiger partial charge < -0.3 is 5.11 Å². The van der Waals surface area contributed by atoms with E-state index in [1.165, 1.54) is 0 Å². The molecule has 0 aromatic carbocycles. The number of rotatable bonds is 3. The first-order chi connectivity index (χ1) is 7.66. The second-order valence-corrected chi connectivity index (χ2v) is 5.49. The van der Waals surface area contributed by atoms with Crippen LogP contribution < -0.4 is 0 Å². The van der Waals surface area contributed by atoms with Crippen LogP contribution in [-0.2, 0) is 11.3 Å². The van der Waals surface area contributed by atoms with Gasteiger partial charge in [-0.1, -0.05) is 6.42 Å². The van der Waals surface area contributed by atoms with Crippen LogP contribution in [0.15, 0.2) is 6.20 Å². The lowest BCUT2D eigenvalue weighted by Crippen LogP contribution is -2.43. The van der Waals surface area contributed by atoms with Crippen molar-refractivity contribution >= 4 is 17.3 Å². The molecule has 4 nitrogen and oxygen atoms in total. The standard InChI is InChI=1S/C11H16N2O2S/c1-8-12-6-9(16-8)7-13-5-3-2-4-10(13)11(14)15/h6,10H,2-5,7H2,1H3,(H,14,15). The molecule has 0 spiro atoms. The van der Waals surface area contributed by atoms with E-state index in [9.17, 15) is 4.79 Å². The maximum atomic E-state index is 11.1. The molecule has 1 aromatic rings. The maximum Gasteiger partial charge on any atom is 0.320 e. The molecule has 1 atom stereocenters. The van der Waals surface area contributed by atoms with Crippen molar-refractivity contribution < 1.29 is 9.90 Å². The lowest BCUT2D eigenvalue weighted by atomic mass is 10.0. The first kappa shape index (κ1) is 11.5. The third-order valence-corrected chi connectivity index (χ3v) is 3.82. The van der Waals surface area contributed by atoms with Crippen LogP contribution in [-0.4, -0.2) is 33.5 Å². The van der Waals surface area contributed by atoms with Crippen molar-refractivity contribution in [3.8, 4) is 0 Å². The summed E-state index contributed by atoms with van der Waals surface area (Å²) in [5.74, 6) is -0.694. The van der Waals surface area contributed by atoms with Crippen molar-refractivity contribution in [3.63, 3.8) is 0 Å². The molecular formula is C11H16N2O2S. The summed E-state index contributed by atoms with van der Waals surface area (Å²) >= 11 is 1.65. The highest BCUT2D eigenvalue weighted by molar-refractivity contribution is 7.11. The molecule has 0 saturated carbocycles. The van der Waals surface area contributed by atoms with Gasteiger partial charge in [0.25, 0.3) is 0 Å². The van der Waals surface area contributed by atoms with E-state index in [2.05, 4.69) is 9.88 Å². The van der Waals surface area contributed by atoms with Crippen LogP contribution in [0.1, 0.15) is 29.1 Å². The Morgan fingerprint density at radius 3 is 3.12 bits per heavy atom. The SMILES string of the molecule is Cc1ncc(CN2CCCCC2C(=O)O)s1. The van der Waals surface area contributed by atoms with Crippen LogP contribution in [0.3, 0.4) is 0 Å². The van der Waals surface area contributed by atoms with Crippen molar-refractivity contribution in [1.82, 2.24) is 9.88 Å². The highest BCUT2D eigenvalue weighted by Gasteiger charge is 2.28. The minimum Gasteiger partial charge on any atom is -0.480 e. The number of aromatic nitrogens is 1. The number of likely N-dealkylation sites (tertiary alicyclic amines) is 1. The predicted molar refractivity (Wildman–Crippen MR) is 62.5 cm³/mol. The molecule has 1 N–H and O–H groups in total. The first-order valence-corrected chi connectivity index (χ1v) is 6.36. The Morgan fingerprint density at radius 2 is 2.50 bits per heavy atom. The fraction of sp³-hybridized carbons (Fsp3) is 0.636. The topological polar surface area (TPSA) is 53.4 Å². The molecular weight excluding hydrogens is 224 g/mol. The summed E-state index contributed by atoms with van der Waals surface area (Å²) in [5, 5.41) is 10.2. The Hall–Kier alpha value is -0.940. The number of carbonyl (C=O) groups is 1. The Balaban J connectivity index is 2.03. The summed E-state index contributed by atoms with van der Waals surface area (Å²) < 4.78 is 0. The van der Waals surface area contributed by atoms with E-state index in [1.807, 2.05) is 13.1 Å². The largest absolute Gasteiger partial charge is 0.480 e. The molecule has 88 valence electrons. The predicted octanol–water partition coefficient (Wildman–Crippen LogP) is 1.89. The lowest BCUT2D eigenvalue weighted by Gasteiger charge is -2.32. The average Bonchev–Trinajstić information content (AvgIpc) is 2.64. The molecule has 0 aliphatic carbocycles. The summed E-state index contributed by atoms with van der Waals surface area (Å²) in [6.07, 6.45) is 4.75. The second-order valence-electron chi connectivity index (χ2n) is 4.17. The van der Waals surface area contributed by atoms with Gasteiger partial charge in [0.2, 0.25) is 0 Å². The molecule has 1 aromatic heterocycles. The van der Waals surface area contributed by atoms with Crippen molar-refractivity contribution in [2.75, 3.05) is 6.54 Å². The van der Waals surface area contributed by atoms with Crippen LogP contribution in [0.2, 0.25) is 0 Å². The molecule has 1 unspecified atom stereocenters. The summed E-state index contributed by atoms with van der Waals surface area (Å²) in [4.78, 5) is 18.5. The number of carboxylic acids is 1. The van der Waals surface area contributed by atoms with E-state index in [0.29, 0.717) is 0 Å². The van der Waals surface area contributed by atoms with E-state index in [0.717, 1.165) is 42.2 Å². The number of thiazole rings is 1. The summed E-state index contributed by atoms with van der Waals surface area (Å²) in [6, 6.07) is -0.309. The molecule has 1 aliphatic rings. The van der Waals surface area contributed by atoms with Crippen molar-refractivity contribution in [2.24, 2.45) is 0 Å². The van der Waals surface area contributed by atoms with Gasteiger partial charge in [-0.2, -0.15) is 0 Å². The van der Waals surface area contributed by atoms with Gasteiger partial charge in [-0.15, -0.1) is 11.3 Å². The molecule has 5 heteroatoms. The normalized spacial score (nSPS) is 22.2. The Kier molecular flexibility index (Phi) is 3.56. The van der Waals surface area contributed by atoms with Gasteiger partial charge in [0, 0.05) is 17.6 Å². The molecule has 2 heterocycles. The van der Waals surface area contributed by atoms with Gasteiger partial charge in [-0.05, 0) is 26.3 Å². The van der Waals surface area contributed by atoms with E-state index >= 15 is 0 Å². The third-order valence-electron chi connectivity index (χ3n) is 2.93. The third kappa shape index (κ3) is 2.59. The average molecular weight is 240 g/mol. The number of aliphatic carboxylic acids is 1. The zero-order valence-electron chi connectivity index (χ0n) is 9.35. The summed E-state index contributed by atoms with van der Waals surface area (Å²) in [5.41, 5.74) is 0. The van der Waals surface area contributed by atoms with Crippen LogP contribution in [0.4, 0.5) is 0 Å². The van der Waals surface area contributed by atoms with Gasteiger partial charge in [-0.25, -0.2) is 4.98 Å². The summed E-state index contributed by atoms with van der Waals surface area (Å²) in [6.45, 7) is 3.58. The van der Waals surface area contributed by atoms with Crippen LogP contribution in [0.25, 0.3) is 0 Å². The molecule has 2 rings (SSSR count). The summed E-state index contributed by atoms with van der Waals surface area (Å²) in [7, 11) is 0. The first-order valence-electron chi connectivity index (χ1n) is 5.55. The van der Waals surface area contributed by atoms with E-state index in [1.54, 1.807) is 11.3 Å². The Morgan fingerprint density at radius 1 is 1.69 bits per heavy atom. The molecule has 1 saturated heterocycles. The molecule has 0 amide bonds. The second kappa shape index (κ2) is 4.93. The number of nitrogens with zero attached hydrogens (tertiary/aromatic N) is 2. The fourth-order valence-electron chi connectivity index (χ4n) is 2.14. The maximum absolute atomic E-state index is 11.1. The van der Waals surface area contributed by atoms with E-state index in [4.69, 9.17) is 5.11 Å². The molecule has 0 radical (unpaired) electrons. The zero-order chi connectivity index (χ0) is 11.5. The van der Waals surface area contributed by atoms with E-state index in [-0.39, 0.29) is 6.04 Å². The molecule has 1 aliphatic heterocycles. The number of carboxylic acid groups (broad SMARTS) is 1. The molecule has 1 fully saturated rings. The number of aryl methyl sites for hydroxylation is 1. The van der Waals surface area contributed by atoms with Crippen molar-refractivity contribution in [3.05, 3.63) is 16.1 Å². The number of piperidine rings is 1. The monoisotopic (exact) mass is 240 g/mol. The molecule has 0 bridgehead atoms. The minimum atomic E-state index is -0.694. The van der Waals surface area contributed by atoms with Gasteiger partial charge in [-0.3, -0.25) is 9.69 Å². The van der Waals surface area contributed by atoms with Crippen LogP contribution in [0, 0.1) is 6.92 Å². The van der Waals surface area contributed by atoms with Gasteiger partial charge in [0.1, 0.15) is 6.04 Å². The number of hydrogen-bond donors (Lipinski definition) is 1. The quantitative estimate of drug-likeness (QED) is 0.876. The van der Waals surface area contributed by atoms with Crippen molar-refractivity contribution in [1.29, 1.82) is 0 Å². The lowest BCUT2D eigenvalue weighted by molar-refractivity contribution is -0.144. The Bertz CT molecular complexity index is 378. The van der Waals surface area contributed by atoms with Crippen LogP contribution >= 0.6 is 11.3 Å². The van der Waals surface area contributed by atoms with Gasteiger partial charge in [0.05, 0.1) is 5.01 Å². The van der Waals surface area contributed by atoms with Gasteiger partial charge in [0.15, 0.2) is 0 Å². The molecule has 16 heavy (non-hydrogen) atoms. The zero-order valence-corrected chi connectivity index (χ0v) is 10.2. The van der Waals surface area contributed by atoms with Crippen LogP contribution in [0.5, 0.6) is 0 Å². The highest BCUT2D eigenvalue weighted by Crippen LogP contribution is 2.22. The van der Waals surface area contributed by atoms with Crippen molar-refractivity contribution in [2.45, 2.75) is 38.8 Å².